The topological polar surface area (TPSA) is 23.9 Å². The zero-order valence-corrected chi connectivity index (χ0v) is 3.28. The molecule has 1 aliphatic rings. The van der Waals surface area contributed by atoms with E-state index in [4.69, 9.17) is 5.41 Å². The van der Waals surface area contributed by atoms with Gasteiger partial charge >= 0.3 is 0 Å². The van der Waals surface area contributed by atoms with Gasteiger partial charge in [-0.05, 0) is 12.3 Å². The zero-order chi connectivity index (χ0) is 3.86. The molecule has 0 heterocycles. The summed E-state index contributed by atoms with van der Waals surface area (Å²) in [5.41, 5.74) is 0.921. The summed E-state index contributed by atoms with van der Waals surface area (Å²) in [6.45, 7) is 2.07. The van der Waals surface area contributed by atoms with Crippen LogP contribution in [0.25, 0.3) is 0 Å². The summed E-state index contributed by atoms with van der Waals surface area (Å²) in [5.74, 6) is 0.634. The molecule has 1 atom stereocenters. The third-order valence-corrected chi connectivity index (χ3v) is 0.961. The van der Waals surface area contributed by atoms with Crippen LogP contribution in [0, 0.1) is 11.3 Å². The van der Waals surface area contributed by atoms with Gasteiger partial charge in [-0.1, -0.05) is 6.92 Å². The van der Waals surface area contributed by atoms with E-state index in [0.29, 0.717) is 5.92 Å². The molecule has 0 amide bonds. The molecular formula is C4H7N. The minimum Gasteiger partial charge on any atom is -0.309 e. The average Bonchev–Trinajstić information content (AvgIpc) is 1.79. The summed E-state index contributed by atoms with van der Waals surface area (Å²) in [7, 11) is 0. The highest BCUT2D eigenvalue weighted by molar-refractivity contribution is 5.97. The fourth-order valence-electron chi connectivity index (χ4n) is 0.271. The minimum absolute atomic E-state index is 0.634. The highest BCUT2D eigenvalue weighted by atomic mass is 14.5. The van der Waals surface area contributed by atoms with Crippen LogP contribution in [0.15, 0.2) is 0 Å². The van der Waals surface area contributed by atoms with Gasteiger partial charge in [0.15, 0.2) is 0 Å². The molecule has 0 aromatic heterocycles. The van der Waals surface area contributed by atoms with Gasteiger partial charge in [-0.2, -0.15) is 0 Å². The Hall–Kier alpha value is -0.330. The largest absolute Gasteiger partial charge is 0.309 e. The van der Waals surface area contributed by atoms with Crippen molar-refractivity contribution < 1.29 is 0 Å². The molecule has 1 rings (SSSR count). The number of rotatable bonds is 0. The summed E-state index contributed by atoms with van der Waals surface area (Å²) >= 11 is 0. The van der Waals surface area contributed by atoms with E-state index >= 15 is 0 Å². The highest BCUT2D eigenvalue weighted by Gasteiger charge is 2.23. The van der Waals surface area contributed by atoms with E-state index in [0.717, 1.165) is 12.1 Å². The lowest BCUT2D eigenvalue weighted by molar-refractivity contribution is 1.03. The Labute approximate surface area is 31.5 Å². The molecule has 5 heavy (non-hydrogen) atoms. The van der Waals surface area contributed by atoms with E-state index in [1.165, 1.54) is 0 Å². The van der Waals surface area contributed by atoms with E-state index in [2.05, 4.69) is 6.92 Å². The zero-order valence-electron chi connectivity index (χ0n) is 3.28. The molecule has 1 saturated carbocycles. The van der Waals surface area contributed by atoms with E-state index in [1.54, 1.807) is 0 Å². The predicted octanol–water partition coefficient (Wildman–Crippen LogP) is 1.05. The third-order valence-electron chi connectivity index (χ3n) is 0.961. The minimum atomic E-state index is 0.634. The molecule has 0 spiro atoms. The normalized spacial score (nSPS) is 34.6. The number of hydrogen-bond acceptors (Lipinski definition) is 1. The molecule has 1 N–H and O–H groups in total. The van der Waals surface area contributed by atoms with E-state index in [1.807, 2.05) is 0 Å². The monoisotopic (exact) mass is 69.1 g/mol. The van der Waals surface area contributed by atoms with Crippen molar-refractivity contribution in [1.29, 1.82) is 5.41 Å². The van der Waals surface area contributed by atoms with Crippen LogP contribution in [0.3, 0.4) is 0 Å². The van der Waals surface area contributed by atoms with Gasteiger partial charge in [-0.3, -0.25) is 0 Å². The van der Waals surface area contributed by atoms with Gasteiger partial charge in [0, 0.05) is 5.71 Å². The van der Waals surface area contributed by atoms with Crippen molar-refractivity contribution in [2.24, 2.45) is 5.92 Å². The van der Waals surface area contributed by atoms with Gasteiger partial charge in [0.1, 0.15) is 0 Å². The second kappa shape index (κ2) is 0.588. The SMILES string of the molecule is C[C@@H]1CC1=N. The molecule has 0 aliphatic heterocycles. The number of nitrogens with one attached hydrogen (secondary N) is 1. The van der Waals surface area contributed by atoms with Gasteiger partial charge in [-0.15, -0.1) is 0 Å². The van der Waals surface area contributed by atoms with Crippen LogP contribution in [0.4, 0.5) is 0 Å². The van der Waals surface area contributed by atoms with Crippen molar-refractivity contribution in [3.8, 4) is 0 Å². The molecule has 28 valence electrons. The van der Waals surface area contributed by atoms with Crippen LogP contribution in [0.2, 0.25) is 0 Å². The molecule has 1 aliphatic carbocycles. The maximum atomic E-state index is 6.82. The molecule has 0 bridgehead atoms. The van der Waals surface area contributed by atoms with Crippen LogP contribution in [0.5, 0.6) is 0 Å². The molecule has 0 aromatic carbocycles. The maximum absolute atomic E-state index is 6.82. The lowest BCUT2D eigenvalue weighted by Crippen LogP contribution is -1.58. The van der Waals surface area contributed by atoms with E-state index in [9.17, 15) is 0 Å². The molecule has 0 radical (unpaired) electrons. The molecule has 1 nitrogen and oxygen atoms in total. The molecule has 0 saturated heterocycles. The molecule has 0 aromatic rings. The second-order valence-electron chi connectivity index (χ2n) is 1.63. The first kappa shape index (κ1) is 2.88. The van der Waals surface area contributed by atoms with Gasteiger partial charge in [0.05, 0.1) is 0 Å². The fourth-order valence-corrected chi connectivity index (χ4v) is 0.271. The highest BCUT2D eigenvalue weighted by Crippen LogP contribution is 2.21. The first-order chi connectivity index (χ1) is 2.30. The smallest absolute Gasteiger partial charge is 0.0127 e. The van der Waals surface area contributed by atoms with Crippen LogP contribution in [0.1, 0.15) is 13.3 Å². The van der Waals surface area contributed by atoms with Crippen molar-refractivity contribution in [1.82, 2.24) is 0 Å². The van der Waals surface area contributed by atoms with Crippen LogP contribution in [-0.4, -0.2) is 5.71 Å². The first-order valence-corrected chi connectivity index (χ1v) is 1.88. The summed E-state index contributed by atoms with van der Waals surface area (Å²) < 4.78 is 0. The first-order valence-electron chi connectivity index (χ1n) is 1.88. The van der Waals surface area contributed by atoms with Gasteiger partial charge < -0.3 is 5.41 Å². The molecule has 1 heteroatoms. The Balaban J connectivity index is 2.47. The van der Waals surface area contributed by atoms with E-state index in [-0.39, 0.29) is 0 Å². The molecule has 1 fully saturated rings. The van der Waals surface area contributed by atoms with Gasteiger partial charge in [0.25, 0.3) is 0 Å². The van der Waals surface area contributed by atoms with Crippen molar-refractivity contribution in [2.45, 2.75) is 13.3 Å². The van der Waals surface area contributed by atoms with Crippen molar-refractivity contribution >= 4 is 5.71 Å². The Bertz CT molecular complexity index is 66.0. The molecular weight excluding hydrogens is 62.1 g/mol. The van der Waals surface area contributed by atoms with Crippen LogP contribution >= 0.6 is 0 Å². The van der Waals surface area contributed by atoms with Crippen LogP contribution in [-0.2, 0) is 0 Å². The third kappa shape index (κ3) is 0.318. The standard InChI is InChI=1S/C4H7N/c1-3-2-4(3)5/h3,5H,2H2,1H3/t3-/m1/s1. The van der Waals surface area contributed by atoms with Crippen LogP contribution < -0.4 is 0 Å². The lowest BCUT2D eigenvalue weighted by Gasteiger charge is -1.55. The Morgan fingerprint density at radius 2 is 2.20 bits per heavy atom. The Morgan fingerprint density at radius 3 is 2.20 bits per heavy atom. The summed E-state index contributed by atoms with van der Waals surface area (Å²) in [6.07, 6.45) is 1.06. The Kier molecular flexibility index (Phi) is 0.339. The Morgan fingerprint density at radius 1 is 2.00 bits per heavy atom. The fraction of sp³-hybridized carbons (Fsp3) is 0.750. The maximum Gasteiger partial charge on any atom is 0.0127 e. The van der Waals surface area contributed by atoms with Crippen molar-refractivity contribution in [2.75, 3.05) is 0 Å². The van der Waals surface area contributed by atoms with Crippen molar-refractivity contribution in [3.05, 3.63) is 0 Å². The summed E-state index contributed by atoms with van der Waals surface area (Å²) in [5, 5.41) is 6.82. The predicted molar refractivity (Wildman–Crippen MR) is 21.5 cm³/mol. The average molecular weight is 69.1 g/mol. The summed E-state index contributed by atoms with van der Waals surface area (Å²) in [4.78, 5) is 0. The van der Waals surface area contributed by atoms with Gasteiger partial charge in [0.2, 0.25) is 0 Å². The second-order valence-corrected chi connectivity index (χ2v) is 1.63. The molecule has 0 unspecified atom stereocenters. The quantitative estimate of drug-likeness (QED) is 0.439. The lowest BCUT2D eigenvalue weighted by atomic mass is 10.5. The van der Waals surface area contributed by atoms with Gasteiger partial charge in [-0.25, -0.2) is 0 Å². The van der Waals surface area contributed by atoms with Crippen molar-refractivity contribution in [3.63, 3.8) is 0 Å². The number of hydrogen-bond donors (Lipinski definition) is 1. The van der Waals surface area contributed by atoms with E-state index < -0.39 is 0 Å². The summed E-state index contributed by atoms with van der Waals surface area (Å²) in [6, 6.07) is 0.